The third-order valence-electron chi connectivity index (χ3n) is 8.54. The summed E-state index contributed by atoms with van der Waals surface area (Å²) in [4.78, 5) is 32.8. The Morgan fingerprint density at radius 2 is 1.49 bits per heavy atom. The van der Waals surface area contributed by atoms with Crippen molar-refractivity contribution in [2.45, 2.75) is 51.5 Å². The second-order valence-electron chi connectivity index (χ2n) is 11.8. The number of aromatic nitrogens is 2. The maximum Gasteiger partial charge on any atom is 0.409 e. The lowest BCUT2D eigenvalue weighted by Crippen LogP contribution is -2.42. The molecule has 5 aromatic rings. The highest BCUT2D eigenvalue weighted by molar-refractivity contribution is 5.75. The van der Waals surface area contributed by atoms with E-state index >= 15 is 0 Å². The Hall–Kier alpha value is -4.82. The molecule has 1 atom stereocenters. The number of fused-ring (bicyclic) bond motifs is 1. The van der Waals surface area contributed by atoms with Gasteiger partial charge in [-0.2, -0.15) is 0 Å². The lowest BCUT2D eigenvalue weighted by molar-refractivity contribution is 0.0567. The van der Waals surface area contributed by atoms with Gasteiger partial charge in [0.2, 0.25) is 0 Å². The first-order valence-corrected chi connectivity index (χ1v) is 15.7. The molecule has 1 amide bonds. The number of piperidine rings is 1. The van der Waals surface area contributed by atoms with Gasteiger partial charge in [-0.05, 0) is 60.7 Å². The molecule has 0 bridgehead atoms. The SMILES string of the molecule is C[C@@H](COC(=O)N1CCC(n2c(=O)[nH]c3ccccc32)CC1)N(Cc1ccccc1)Cc1cccc(OCc2ccccc2)c1. The van der Waals surface area contributed by atoms with Gasteiger partial charge in [0, 0.05) is 38.3 Å². The number of imidazole rings is 1. The van der Waals surface area contributed by atoms with Gasteiger partial charge >= 0.3 is 11.8 Å². The molecule has 8 nitrogen and oxygen atoms in total. The van der Waals surface area contributed by atoms with Crippen LogP contribution in [0.5, 0.6) is 5.75 Å². The first kappa shape index (κ1) is 30.2. The number of carbonyl (C=O) groups is 1. The van der Waals surface area contributed by atoms with Crippen molar-refractivity contribution in [3.05, 3.63) is 136 Å². The number of amides is 1. The summed E-state index contributed by atoms with van der Waals surface area (Å²) in [5.74, 6) is 0.827. The molecule has 6 rings (SSSR count). The summed E-state index contributed by atoms with van der Waals surface area (Å²) in [6, 6.07) is 36.5. The smallest absolute Gasteiger partial charge is 0.409 e. The molecule has 1 N–H and O–H groups in total. The summed E-state index contributed by atoms with van der Waals surface area (Å²) in [7, 11) is 0. The summed E-state index contributed by atoms with van der Waals surface area (Å²) in [6.45, 7) is 5.39. The largest absolute Gasteiger partial charge is 0.489 e. The standard InChI is InChI=1S/C37H40N4O4/c1-28(26-45-37(43)39-21-19-32(20-22-39)41-35-18-9-8-17-34(35)38-36(41)42)40(24-29-11-4-2-5-12-29)25-31-15-10-16-33(23-31)44-27-30-13-6-3-7-14-30/h2-18,23,28,32H,19-22,24-27H2,1H3,(H,38,42)/t28-/m0/s1. The second-order valence-corrected chi connectivity index (χ2v) is 11.8. The van der Waals surface area contributed by atoms with Crippen molar-refractivity contribution in [2.24, 2.45) is 0 Å². The van der Waals surface area contributed by atoms with E-state index in [1.807, 2.05) is 77.4 Å². The summed E-state index contributed by atoms with van der Waals surface area (Å²) < 4.78 is 13.8. The summed E-state index contributed by atoms with van der Waals surface area (Å²) in [5, 5.41) is 0. The number of rotatable bonds is 11. The highest BCUT2D eigenvalue weighted by Gasteiger charge is 2.27. The molecule has 0 unspecified atom stereocenters. The summed E-state index contributed by atoms with van der Waals surface area (Å²) in [5.41, 5.74) is 5.10. The predicted octanol–water partition coefficient (Wildman–Crippen LogP) is 6.77. The lowest BCUT2D eigenvalue weighted by atomic mass is 10.0. The van der Waals surface area contributed by atoms with E-state index in [1.54, 1.807) is 4.90 Å². The van der Waals surface area contributed by atoms with Crippen LogP contribution in [0, 0.1) is 0 Å². The van der Waals surface area contributed by atoms with E-state index in [0.717, 1.165) is 34.5 Å². The number of benzene rings is 4. The lowest BCUT2D eigenvalue weighted by Gasteiger charge is -2.33. The number of likely N-dealkylation sites (tertiary alicyclic amines) is 1. The third-order valence-corrected chi connectivity index (χ3v) is 8.54. The van der Waals surface area contributed by atoms with E-state index in [4.69, 9.17) is 9.47 Å². The van der Waals surface area contributed by atoms with Gasteiger partial charge in [0.05, 0.1) is 11.0 Å². The molecule has 1 aliphatic rings. The van der Waals surface area contributed by atoms with Crippen LogP contribution >= 0.6 is 0 Å². The van der Waals surface area contributed by atoms with Gasteiger partial charge in [-0.1, -0.05) is 84.9 Å². The molecule has 1 aliphatic heterocycles. The first-order valence-electron chi connectivity index (χ1n) is 15.7. The van der Waals surface area contributed by atoms with E-state index in [0.29, 0.717) is 39.1 Å². The zero-order valence-corrected chi connectivity index (χ0v) is 25.7. The Morgan fingerprint density at radius 1 is 0.844 bits per heavy atom. The van der Waals surface area contributed by atoms with Crippen LogP contribution in [-0.4, -0.2) is 51.2 Å². The number of para-hydroxylation sites is 2. The minimum atomic E-state index is -0.303. The fourth-order valence-electron chi connectivity index (χ4n) is 6.03. The van der Waals surface area contributed by atoms with Gasteiger partial charge < -0.3 is 19.4 Å². The molecular weight excluding hydrogens is 564 g/mol. The average Bonchev–Trinajstić information content (AvgIpc) is 3.42. The number of hydrogen-bond donors (Lipinski definition) is 1. The number of hydrogen-bond acceptors (Lipinski definition) is 5. The summed E-state index contributed by atoms with van der Waals surface area (Å²) >= 11 is 0. The fraction of sp³-hybridized carbons (Fsp3) is 0.297. The van der Waals surface area contributed by atoms with Gasteiger partial charge in [0.1, 0.15) is 19.0 Å². The number of ether oxygens (including phenoxy) is 2. The molecule has 8 heteroatoms. The Morgan fingerprint density at radius 3 is 2.24 bits per heavy atom. The van der Waals surface area contributed by atoms with Gasteiger partial charge in [0.15, 0.2) is 0 Å². The van der Waals surface area contributed by atoms with Crippen LogP contribution in [0.3, 0.4) is 0 Å². The van der Waals surface area contributed by atoms with Crippen LogP contribution in [0.15, 0.2) is 114 Å². The first-order chi connectivity index (χ1) is 22.0. The fourth-order valence-corrected chi connectivity index (χ4v) is 6.03. The van der Waals surface area contributed by atoms with Crippen LogP contribution < -0.4 is 10.4 Å². The van der Waals surface area contributed by atoms with E-state index in [1.165, 1.54) is 5.56 Å². The van der Waals surface area contributed by atoms with Crippen molar-refractivity contribution < 1.29 is 14.3 Å². The molecule has 0 saturated carbocycles. The van der Waals surface area contributed by atoms with E-state index in [2.05, 4.69) is 53.2 Å². The second kappa shape index (κ2) is 14.3. The van der Waals surface area contributed by atoms with Crippen molar-refractivity contribution in [2.75, 3.05) is 19.7 Å². The number of carbonyl (C=O) groups excluding carboxylic acids is 1. The summed E-state index contributed by atoms with van der Waals surface area (Å²) in [6.07, 6.45) is 1.10. The molecule has 45 heavy (non-hydrogen) atoms. The molecule has 0 aliphatic carbocycles. The molecule has 1 aromatic heterocycles. The zero-order valence-electron chi connectivity index (χ0n) is 25.7. The van der Waals surface area contributed by atoms with Gasteiger partial charge in [-0.3, -0.25) is 9.47 Å². The number of aromatic amines is 1. The number of nitrogens with one attached hydrogen (secondary N) is 1. The van der Waals surface area contributed by atoms with Crippen molar-refractivity contribution in [1.29, 1.82) is 0 Å². The van der Waals surface area contributed by atoms with Crippen molar-refractivity contribution in [1.82, 2.24) is 19.4 Å². The van der Waals surface area contributed by atoms with Gasteiger partial charge in [-0.15, -0.1) is 0 Å². The Kier molecular flexibility index (Phi) is 9.61. The highest BCUT2D eigenvalue weighted by Crippen LogP contribution is 2.25. The molecule has 232 valence electrons. The molecule has 2 heterocycles. The normalized spacial score (nSPS) is 14.5. The molecule has 1 saturated heterocycles. The number of H-pyrrole nitrogens is 1. The highest BCUT2D eigenvalue weighted by atomic mass is 16.6. The predicted molar refractivity (Wildman–Crippen MR) is 176 cm³/mol. The molecule has 4 aromatic carbocycles. The Balaban J connectivity index is 1.06. The number of nitrogens with zero attached hydrogens (tertiary/aromatic N) is 3. The van der Waals surface area contributed by atoms with Crippen LogP contribution in [0.4, 0.5) is 4.79 Å². The van der Waals surface area contributed by atoms with Crippen molar-refractivity contribution >= 4 is 17.1 Å². The monoisotopic (exact) mass is 604 g/mol. The molecular formula is C37H40N4O4. The molecule has 0 spiro atoms. The third kappa shape index (κ3) is 7.64. The topological polar surface area (TPSA) is 79.8 Å². The van der Waals surface area contributed by atoms with Crippen LogP contribution in [-0.2, 0) is 24.4 Å². The van der Waals surface area contributed by atoms with Crippen LogP contribution in [0.1, 0.15) is 42.5 Å². The Bertz CT molecular complexity index is 1740. The molecule has 1 fully saturated rings. The maximum atomic E-state index is 13.1. The van der Waals surface area contributed by atoms with E-state index < -0.39 is 0 Å². The van der Waals surface area contributed by atoms with E-state index in [9.17, 15) is 9.59 Å². The van der Waals surface area contributed by atoms with Gasteiger partial charge in [0.25, 0.3) is 0 Å². The minimum Gasteiger partial charge on any atom is -0.489 e. The van der Waals surface area contributed by atoms with Crippen molar-refractivity contribution in [3.8, 4) is 5.75 Å². The van der Waals surface area contributed by atoms with E-state index in [-0.39, 0.29) is 30.5 Å². The van der Waals surface area contributed by atoms with Crippen molar-refractivity contribution in [3.63, 3.8) is 0 Å². The maximum absolute atomic E-state index is 13.1. The molecule has 0 radical (unpaired) electrons. The van der Waals surface area contributed by atoms with Crippen LogP contribution in [0.25, 0.3) is 11.0 Å². The van der Waals surface area contributed by atoms with Crippen LogP contribution in [0.2, 0.25) is 0 Å². The van der Waals surface area contributed by atoms with Gasteiger partial charge in [-0.25, -0.2) is 9.59 Å². The minimum absolute atomic E-state index is 0.0228. The Labute approximate surface area is 263 Å². The zero-order chi connectivity index (χ0) is 31.0. The average molecular weight is 605 g/mol. The quantitative estimate of drug-likeness (QED) is 0.180.